The number of para-hydroxylation sites is 1. The summed E-state index contributed by atoms with van der Waals surface area (Å²) in [6, 6.07) is 8.41. The van der Waals surface area contributed by atoms with Crippen molar-refractivity contribution in [3.05, 3.63) is 29.8 Å². The second kappa shape index (κ2) is 6.46. The van der Waals surface area contributed by atoms with E-state index in [0.29, 0.717) is 12.5 Å². The van der Waals surface area contributed by atoms with E-state index in [2.05, 4.69) is 17.6 Å². The van der Waals surface area contributed by atoms with Crippen LogP contribution < -0.4 is 15.4 Å². The van der Waals surface area contributed by atoms with Gasteiger partial charge in [-0.2, -0.15) is 0 Å². The highest BCUT2D eigenvalue weighted by atomic mass is 35.5. The molecule has 3 rings (SSSR count). The summed E-state index contributed by atoms with van der Waals surface area (Å²) in [6.07, 6.45) is 2.46. The zero-order valence-corrected chi connectivity index (χ0v) is 12.4. The van der Waals surface area contributed by atoms with E-state index in [1.54, 1.807) is 0 Å². The molecule has 0 spiro atoms. The van der Waals surface area contributed by atoms with Gasteiger partial charge in [-0.1, -0.05) is 18.2 Å². The third-order valence-electron chi connectivity index (χ3n) is 4.03. The molecule has 2 N–H and O–H groups in total. The maximum atomic E-state index is 12.3. The Bertz CT molecular complexity index is 456. The van der Waals surface area contributed by atoms with E-state index in [0.717, 1.165) is 30.7 Å². The molecule has 0 bridgehead atoms. The monoisotopic (exact) mass is 296 g/mol. The number of halogens is 1. The van der Waals surface area contributed by atoms with Crippen LogP contribution in [0.2, 0.25) is 0 Å². The van der Waals surface area contributed by atoms with Crippen LogP contribution in [0.5, 0.6) is 5.75 Å². The molecule has 4 nitrogen and oxygen atoms in total. The van der Waals surface area contributed by atoms with Gasteiger partial charge in [0, 0.05) is 18.5 Å². The molecule has 0 aromatic heterocycles. The Morgan fingerprint density at radius 3 is 2.95 bits per heavy atom. The molecule has 1 amide bonds. The van der Waals surface area contributed by atoms with Crippen LogP contribution in [0.25, 0.3) is 0 Å². The number of amides is 1. The van der Waals surface area contributed by atoms with E-state index in [-0.39, 0.29) is 30.5 Å². The Morgan fingerprint density at radius 2 is 2.20 bits per heavy atom. The predicted octanol–water partition coefficient (Wildman–Crippen LogP) is 1.67. The molecule has 2 heterocycles. The molecule has 3 unspecified atom stereocenters. The third-order valence-corrected chi connectivity index (χ3v) is 4.03. The highest BCUT2D eigenvalue weighted by Gasteiger charge is 2.31. The van der Waals surface area contributed by atoms with Gasteiger partial charge < -0.3 is 15.4 Å². The van der Waals surface area contributed by atoms with Crippen molar-refractivity contribution in [2.75, 3.05) is 6.54 Å². The molecule has 1 fully saturated rings. The zero-order chi connectivity index (χ0) is 13.2. The summed E-state index contributed by atoms with van der Waals surface area (Å²) in [4.78, 5) is 12.3. The van der Waals surface area contributed by atoms with Crippen molar-refractivity contribution in [2.45, 2.75) is 44.4 Å². The second-order valence-corrected chi connectivity index (χ2v) is 5.42. The van der Waals surface area contributed by atoms with Gasteiger partial charge in [0.2, 0.25) is 0 Å². The molecule has 110 valence electrons. The largest absolute Gasteiger partial charge is 0.480 e. The first-order chi connectivity index (χ1) is 9.24. The van der Waals surface area contributed by atoms with Crippen molar-refractivity contribution in [1.29, 1.82) is 0 Å². The Balaban J connectivity index is 0.00000147. The molecule has 3 atom stereocenters. The first-order valence-electron chi connectivity index (χ1n) is 7.02. The number of ether oxygens (including phenoxy) is 1. The van der Waals surface area contributed by atoms with E-state index in [4.69, 9.17) is 4.74 Å². The van der Waals surface area contributed by atoms with E-state index in [9.17, 15) is 4.79 Å². The fourth-order valence-electron chi connectivity index (χ4n) is 2.85. The van der Waals surface area contributed by atoms with Crippen molar-refractivity contribution >= 4 is 18.3 Å². The van der Waals surface area contributed by atoms with Crippen LogP contribution >= 0.6 is 12.4 Å². The topological polar surface area (TPSA) is 50.4 Å². The van der Waals surface area contributed by atoms with Crippen molar-refractivity contribution in [1.82, 2.24) is 10.6 Å². The molecule has 0 aliphatic carbocycles. The van der Waals surface area contributed by atoms with Gasteiger partial charge in [-0.15, -0.1) is 12.4 Å². The fraction of sp³-hybridized carbons (Fsp3) is 0.533. The normalized spacial score (nSPS) is 27.9. The van der Waals surface area contributed by atoms with E-state index in [1.165, 1.54) is 0 Å². The second-order valence-electron chi connectivity index (χ2n) is 5.42. The lowest BCUT2D eigenvalue weighted by atomic mass is 9.99. The molecule has 1 saturated heterocycles. The Morgan fingerprint density at radius 1 is 1.40 bits per heavy atom. The number of hydrogen-bond acceptors (Lipinski definition) is 3. The van der Waals surface area contributed by atoms with Crippen LogP contribution in [0.3, 0.4) is 0 Å². The molecular weight excluding hydrogens is 276 g/mol. The van der Waals surface area contributed by atoms with Crippen LogP contribution in [0.4, 0.5) is 0 Å². The van der Waals surface area contributed by atoms with Gasteiger partial charge in [0.25, 0.3) is 5.91 Å². The van der Waals surface area contributed by atoms with Crippen LogP contribution in [0.1, 0.15) is 25.3 Å². The molecule has 0 radical (unpaired) electrons. The molecule has 5 heteroatoms. The first-order valence-corrected chi connectivity index (χ1v) is 7.02. The first kappa shape index (κ1) is 15.1. The molecule has 1 aromatic rings. The van der Waals surface area contributed by atoms with Gasteiger partial charge in [0.1, 0.15) is 5.75 Å². The fourth-order valence-corrected chi connectivity index (χ4v) is 2.85. The summed E-state index contributed by atoms with van der Waals surface area (Å²) in [7, 11) is 0. The zero-order valence-electron chi connectivity index (χ0n) is 11.6. The number of benzene rings is 1. The van der Waals surface area contributed by atoms with Crippen LogP contribution in [-0.4, -0.2) is 30.6 Å². The lowest BCUT2D eigenvalue weighted by Crippen LogP contribution is -2.54. The minimum absolute atomic E-state index is 0. The number of fused-ring (bicyclic) bond motifs is 1. The van der Waals surface area contributed by atoms with Gasteiger partial charge in [0.15, 0.2) is 6.10 Å². The maximum absolute atomic E-state index is 12.3. The molecule has 1 aromatic carbocycles. The van der Waals surface area contributed by atoms with Gasteiger partial charge in [-0.3, -0.25) is 4.79 Å². The number of carbonyl (C=O) groups is 1. The molecule has 2 aliphatic rings. The highest BCUT2D eigenvalue weighted by Crippen LogP contribution is 2.28. The number of rotatable bonds is 2. The lowest BCUT2D eigenvalue weighted by molar-refractivity contribution is -0.128. The molecule has 2 aliphatic heterocycles. The minimum Gasteiger partial charge on any atom is -0.480 e. The standard InChI is InChI=1S/C15H20N2O2.ClH/c1-10-12(6-4-8-16-10)17-15(18)14-9-11-5-2-3-7-13(11)19-14;/h2-3,5,7,10,12,14,16H,4,6,8-9H2,1H3,(H,17,18);1H. The number of hydrogen-bond donors (Lipinski definition) is 2. The number of nitrogens with one attached hydrogen (secondary N) is 2. The predicted molar refractivity (Wildman–Crippen MR) is 80.4 cm³/mol. The summed E-state index contributed by atoms with van der Waals surface area (Å²) in [5.41, 5.74) is 1.12. The van der Waals surface area contributed by atoms with Crippen molar-refractivity contribution in [3.8, 4) is 5.75 Å². The van der Waals surface area contributed by atoms with Crippen LogP contribution in [-0.2, 0) is 11.2 Å². The van der Waals surface area contributed by atoms with Crippen LogP contribution in [0.15, 0.2) is 24.3 Å². The van der Waals surface area contributed by atoms with Gasteiger partial charge in [-0.25, -0.2) is 0 Å². The van der Waals surface area contributed by atoms with Crippen LogP contribution in [0, 0.1) is 0 Å². The number of piperidine rings is 1. The average Bonchev–Trinajstić information content (AvgIpc) is 2.85. The average molecular weight is 297 g/mol. The van der Waals surface area contributed by atoms with E-state index >= 15 is 0 Å². The SMILES string of the molecule is CC1NCCCC1NC(=O)C1Cc2ccccc2O1.Cl. The summed E-state index contributed by atoms with van der Waals surface area (Å²) >= 11 is 0. The van der Waals surface area contributed by atoms with Crippen molar-refractivity contribution < 1.29 is 9.53 Å². The van der Waals surface area contributed by atoms with Gasteiger partial charge in [-0.05, 0) is 37.9 Å². The van der Waals surface area contributed by atoms with E-state index < -0.39 is 0 Å². The summed E-state index contributed by atoms with van der Waals surface area (Å²) < 4.78 is 5.71. The molecule has 20 heavy (non-hydrogen) atoms. The summed E-state index contributed by atoms with van der Waals surface area (Å²) in [5, 5.41) is 6.51. The van der Waals surface area contributed by atoms with E-state index in [1.807, 2.05) is 24.3 Å². The Hall–Kier alpha value is -1.26. The smallest absolute Gasteiger partial charge is 0.261 e. The molecule has 0 saturated carbocycles. The maximum Gasteiger partial charge on any atom is 0.261 e. The Kier molecular flexibility index (Phi) is 4.89. The summed E-state index contributed by atoms with van der Waals surface area (Å²) in [6.45, 7) is 3.16. The quantitative estimate of drug-likeness (QED) is 0.873. The van der Waals surface area contributed by atoms with Gasteiger partial charge >= 0.3 is 0 Å². The van der Waals surface area contributed by atoms with Gasteiger partial charge in [0.05, 0.1) is 0 Å². The third kappa shape index (κ3) is 3.07. The summed E-state index contributed by atoms with van der Waals surface area (Å²) in [5.74, 6) is 0.856. The van der Waals surface area contributed by atoms with Crippen molar-refractivity contribution in [2.24, 2.45) is 0 Å². The lowest BCUT2D eigenvalue weighted by Gasteiger charge is -2.31. The minimum atomic E-state index is -0.369. The molecular formula is C15H21ClN2O2. The highest BCUT2D eigenvalue weighted by molar-refractivity contribution is 5.85. The Labute approximate surface area is 125 Å². The number of carbonyl (C=O) groups excluding carboxylic acids is 1. The van der Waals surface area contributed by atoms with Crippen molar-refractivity contribution in [3.63, 3.8) is 0 Å².